The van der Waals surface area contributed by atoms with E-state index in [9.17, 15) is 14.4 Å². The molecule has 0 unspecified atom stereocenters. The van der Waals surface area contributed by atoms with Crippen molar-refractivity contribution >= 4 is 17.9 Å². The number of carbonyl (C=O) groups excluding carboxylic acids is 1. The van der Waals surface area contributed by atoms with Gasteiger partial charge in [0.15, 0.2) is 0 Å². The van der Waals surface area contributed by atoms with Crippen LogP contribution in [0.4, 0.5) is 0 Å². The molecule has 6 nitrogen and oxygen atoms in total. The van der Waals surface area contributed by atoms with Crippen LogP contribution in [0.25, 0.3) is 0 Å². The Labute approximate surface area is 122 Å². The van der Waals surface area contributed by atoms with Crippen molar-refractivity contribution < 1.29 is 29.3 Å². The molecule has 0 aromatic heterocycles. The average molecular weight is 294 g/mol. The first-order chi connectivity index (χ1) is 9.90. The van der Waals surface area contributed by atoms with Crippen LogP contribution in [-0.2, 0) is 4.74 Å². The molecule has 0 amide bonds. The molecule has 21 heavy (non-hydrogen) atoms. The molecule has 1 rings (SSSR count). The molecule has 0 fully saturated rings. The van der Waals surface area contributed by atoms with Crippen molar-refractivity contribution in [2.45, 2.75) is 26.7 Å². The third kappa shape index (κ3) is 4.30. The Balaban J connectivity index is 3.02. The van der Waals surface area contributed by atoms with Crippen LogP contribution in [0.15, 0.2) is 18.2 Å². The molecule has 0 radical (unpaired) electrons. The van der Waals surface area contributed by atoms with Gasteiger partial charge in [0, 0.05) is 0 Å². The molecule has 0 saturated heterocycles. The minimum absolute atomic E-state index is 0.158. The second-order valence-electron chi connectivity index (χ2n) is 4.65. The van der Waals surface area contributed by atoms with Crippen LogP contribution in [0.3, 0.4) is 0 Å². The fraction of sp³-hybridized carbons (Fsp3) is 0.400. The highest BCUT2D eigenvalue weighted by Crippen LogP contribution is 2.16. The molecule has 0 heterocycles. The van der Waals surface area contributed by atoms with Crippen LogP contribution in [0.1, 0.15) is 57.8 Å². The molecule has 1 aromatic carbocycles. The number of aromatic carboxylic acids is 2. The smallest absolute Gasteiger partial charge is 0.339 e. The van der Waals surface area contributed by atoms with Crippen molar-refractivity contribution in [2.24, 2.45) is 5.92 Å². The lowest BCUT2D eigenvalue weighted by Crippen LogP contribution is -2.17. The number of carboxylic acids is 2. The van der Waals surface area contributed by atoms with E-state index < -0.39 is 17.9 Å². The fourth-order valence-corrected chi connectivity index (χ4v) is 1.83. The predicted molar refractivity (Wildman–Crippen MR) is 74.7 cm³/mol. The zero-order chi connectivity index (χ0) is 16.0. The topological polar surface area (TPSA) is 101 Å². The molecular formula is C15H18O6. The molecule has 0 spiro atoms. The number of rotatable bonds is 7. The van der Waals surface area contributed by atoms with E-state index >= 15 is 0 Å². The van der Waals surface area contributed by atoms with Gasteiger partial charge in [0.25, 0.3) is 0 Å². The number of hydrogen-bond acceptors (Lipinski definition) is 4. The molecule has 0 atom stereocenters. The molecule has 114 valence electrons. The maximum atomic E-state index is 12.0. The Morgan fingerprint density at radius 3 is 2.14 bits per heavy atom. The summed E-state index contributed by atoms with van der Waals surface area (Å²) >= 11 is 0. The number of carboxylic acid groups (broad SMARTS) is 2. The maximum Gasteiger partial charge on any atom is 0.339 e. The van der Waals surface area contributed by atoms with Gasteiger partial charge in [-0.25, -0.2) is 14.4 Å². The third-order valence-electron chi connectivity index (χ3n) is 3.32. The quantitative estimate of drug-likeness (QED) is 0.750. The highest BCUT2D eigenvalue weighted by molar-refractivity contribution is 6.04. The summed E-state index contributed by atoms with van der Waals surface area (Å²) in [6.45, 7) is 4.12. The summed E-state index contributed by atoms with van der Waals surface area (Å²) in [4.78, 5) is 34.0. The number of benzene rings is 1. The van der Waals surface area contributed by atoms with Gasteiger partial charge in [0.1, 0.15) is 0 Å². The average Bonchev–Trinajstić information content (AvgIpc) is 2.47. The van der Waals surface area contributed by atoms with Crippen molar-refractivity contribution in [3.63, 3.8) is 0 Å². The highest BCUT2D eigenvalue weighted by Gasteiger charge is 2.20. The van der Waals surface area contributed by atoms with Crippen molar-refractivity contribution in [1.82, 2.24) is 0 Å². The van der Waals surface area contributed by atoms with Crippen LogP contribution in [0.5, 0.6) is 0 Å². The molecular weight excluding hydrogens is 276 g/mol. The van der Waals surface area contributed by atoms with E-state index in [1.54, 1.807) is 0 Å². The Kier molecular flexibility index (Phi) is 5.90. The Morgan fingerprint density at radius 1 is 1.05 bits per heavy atom. The van der Waals surface area contributed by atoms with Gasteiger partial charge in [-0.2, -0.15) is 0 Å². The lowest BCUT2D eigenvalue weighted by Gasteiger charge is -2.13. The Morgan fingerprint density at radius 2 is 1.67 bits per heavy atom. The summed E-state index contributed by atoms with van der Waals surface area (Å²) in [5.74, 6) is -3.16. The number of carbonyl (C=O) groups is 3. The van der Waals surface area contributed by atoms with Crippen molar-refractivity contribution in [1.29, 1.82) is 0 Å². The molecule has 2 N–H and O–H groups in total. The molecule has 1 aromatic rings. The second kappa shape index (κ2) is 7.42. The first-order valence-electron chi connectivity index (χ1n) is 6.68. The van der Waals surface area contributed by atoms with Gasteiger partial charge in [0.05, 0.1) is 23.3 Å². The van der Waals surface area contributed by atoms with Gasteiger partial charge in [-0.3, -0.25) is 0 Å². The highest BCUT2D eigenvalue weighted by atomic mass is 16.5. The van der Waals surface area contributed by atoms with E-state index in [-0.39, 0.29) is 29.2 Å². The Hall–Kier alpha value is -2.37. The lowest BCUT2D eigenvalue weighted by atomic mass is 10.0. The van der Waals surface area contributed by atoms with E-state index in [2.05, 4.69) is 0 Å². The van der Waals surface area contributed by atoms with Gasteiger partial charge < -0.3 is 14.9 Å². The first-order valence-corrected chi connectivity index (χ1v) is 6.68. The van der Waals surface area contributed by atoms with Gasteiger partial charge in [0.2, 0.25) is 0 Å². The van der Waals surface area contributed by atoms with Crippen LogP contribution in [-0.4, -0.2) is 34.7 Å². The summed E-state index contributed by atoms with van der Waals surface area (Å²) in [5, 5.41) is 18.0. The van der Waals surface area contributed by atoms with Crippen LogP contribution in [0.2, 0.25) is 0 Å². The maximum absolute atomic E-state index is 12.0. The minimum Gasteiger partial charge on any atom is -0.478 e. The van der Waals surface area contributed by atoms with Gasteiger partial charge in [-0.1, -0.05) is 26.7 Å². The third-order valence-corrected chi connectivity index (χ3v) is 3.32. The van der Waals surface area contributed by atoms with Crippen molar-refractivity contribution in [3.05, 3.63) is 34.9 Å². The molecule has 0 aliphatic rings. The standard InChI is InChI=1S/C15H18O6/c1-3-9(4-2)8-21-15(20)12-7-10(13(16)17)5-6-11(12)14(18)19/h5-7,9H,3-4,8H2,1-2H3,(H,16,17)(H,18,19). The summed E-state index contributed by atoms with van der Waals surface area (Å²) in [5.41, 5.74) is -0.669. The summed E-state index contributed by atoms with van der Waals surface area (Å²) in [6, 6.07) is 3.27. The molecule has 0 saturated carbocycles. The predicted octanol–water partition coefficient (Wildman–Crippen LogP) is 2.68. The monoisotopic (exact) mass is 294 g/mol. The molecule has 0 bridgehead atoms. The van der Waals surface area contributed by atoms with E-state index in [4.69, 9.17) is 14.9 Å². The van der Waals surface area contributed by atoms with E-state index in [0.29, 0.717) is 0 Å². The first kappa shape index (κ1) is 16.7. The van der Waals surface area contributed by atoms with Crippen molar-refractivity contribution in [3.8, 4) is 0 Å². The summed E-state index contributed by atoms with van der Waals surface area (Å²) < 4.78 is 5.10. The SMILES string of the molecule is CCC(CC)COC(=O)c1cc(C(=O)O)ccc1C(=O)O. The van der Waals surface area contributed by atoms with Crippen molar-refractivity contribution in [2.75, 3.05) is 6.61 Å². The zero-order valence-corrected chi connectivity index (χ0v) is 12.0. The van der Waals surface area contributed by atoms with E-state index in [1.807, 2.05) is 13.8 Å². The molecule has 6 heteroatoms. The van der Waals surface area contributed by atoms with Gasteiger partial charge >= 0.3 is 17.9 Å². The van der Waals surface area contributed by atoms with Gasteiger partial charge in [-0.15, -0.1) is 0 Å². The van der Waals surface area contributed by atoms with Crippen LogP contribution >= 0.6 is 0 Å². The van der Waals surface area contributed by atoms with E-state index in [1.165, 1.54) is 0 Å². The number of ether oxygens (including phenoxy) is 1. The van der Waals surface area contributed by atoms with Gasteiger partial charge in [-0.05, 0) is 24.1 Å². The largest absolute Gasteiger partial charge is 0.478 e. The second-order valence-corrected chi connectivity index (χ2v) is 4.65. The Bertz CT molecular complexity index is 545. The number of esters is 1. The summed E-state index contributed by atoms with van der Waals surface area (Å²) in [7, 11) is 0. The van der Waals surface area contributed by atoms with Crippen LogP contribution in [0, 0.1) is 5.92 Å². The minimum atomic E-state index is -1.30. The van der Waals surface area contributed by atoms with E-state index in [0.717, 1.165) is 31.0 Å². The number of hydrogen-bond donors (Lipinski definition) is 2. The van der Waals surface area contributed by atoms with Crippen LogP contribution < -0.4 is 0 Å². The normalized spacial score (nSPS) is 10.4. The molecule has 0 aliphatic carbocycles. The zero-order valence-electron chi connectivity index (χ0n) is 12.0. The molecule has 0 aliphatic heterocycles. The summed E-state index contributed by atoms with van der Waals surface area (Å²) in [6.07, 6.45) is 1.68. The lowest BCUT2D eigenvalue weighted by molar-refractivity contribution is 0.0425. The fourth-order valence-electron chi connectivity index (χ4n) is 1.83.